The number of nitrogens with one attached hydrogen (secondary N) is 2. The monoisotopic (exact) mass is 423 g/mol. The van der Waals surface area contributed by atoms with Crippen molar-refractivity contribution >= 4 is 40.9 Å². The average Bonchev–Trinajstić information content (AvgIpc) is 3.13. The zero-order valence-electron chi connectivity index (χ0n) is 15.1. The molecule has 2 N–H and O–H groups in total. The average molecular weight is 424 g/mol. The molecule has 28 heavy (non-hydrogen) atoms. The number of piperidine rings is 1. The maximum Gasteiger partial charge on any atom is 0.273 e. The predicted molar refractivity (Wildman–Crippen MR) is 104 cm³/mol. The van der Waals surface area contributed by atoms with Crippen molar-refractivity contribution in [2.75, 3.05) is 13.1 Å². The van der Waals surface area contributed by atoms with Gasteiger partial charge in [0.15, 0.2) is 0 Å². The molecular formula is C19H19Cl2N3O4. The highest BCUT2D eigenvalue weighted by atomic mass is 35.5. The van der Waals surface area contributed by atoms with Gasteiger partial charge in [-0.3, -0.25) is 25.2 Å². The highest BCUT2D eigenvalue weighted by Crippen LogP contribution is 2.25. The molecule has 1 fully saturated rings. The Morgan fingerprint density at radius 2 is 1.93 bits per heavy atom. The van der Waals surface area contributed by atoms with Crippen LogP contribution in [0, 0.1) is 12.8 Å². The number of hydrogen-bond acceptors (Lipinski definition) is 4. The SMILES string of the molecule is Cc1occc1C(=O)NNC(=O)C1CCCN(C(=O)c2ccc(Cl)c(Cl)c2)C1. The van der Waals surface area contributed by atoms with Crippen molar-refractivity contribution in [1.82, 2.24) is 15.8 Å². The van der Waals surface area contributed by atoms with E-state index in [2.05, 4.69) is 10.9 Å². The Morgan fingerprint density at radius 1 is 1.14 bits per heavy atom. The number of carbonyl (C=O) groups is 3. The van der Waals surface area contributed by atoms with Gasteiger partial charge in [-0.15, -0.1) is 0 Å². The molecule has 0 aliphatic carbocycles. The first kappa shape index (κ1) is 20.2. The van der Waals surface area contributed by atoms with Crippen LogP contribution in [0.25, 0.3) is 0 Å². The Hall–Kier alpha value is -2.51. The topological polar surface area (TPSA) is 91.7 Å². The third-order valence-electron chi connectivity index (χ3n) is 4.65. The van der Waals surface area contributed by atoms with E-state index in [1.54, 1.807) is 24.0 Å². The molecule has 1 unspecified atom stereocenters. The Kier molecular flexibility index (Phi) is 6.26. The van der Waals surface area contributed by atoms with E-state index in [0.717, 1.165) is 0 Å². The Balaban J connectivity index is 1.58. The lowest BCUT2D eigenvalue weighted by Crippen LogP contribution is -2.50. The van der Waals surface area contributed by atoms with E-state index in [1.807, 2.05) is 0 Å². The second-order valence-electron chi connectivity index (χ2n) is 6.55. The molecule has 7 nitrogen and oxygen atoms in total. The first-order valence-corrected chi connectivity index (χ1v) is 9.51. The van der Waals surface area contributed by atoms with Gasteiger partial charge in [-0.05, 0) is 44.0 Å². The quantitative estimate of drug-likeness (QED) is 0.741. The summed E-state index contributed by atoms with van der Waals surface area (Å²) in [6.45, 7) is 2.46. The maximum absolute atomic E-state index is 12.7. The van der Waals surface area contributed by atoms with Gasteiger partial charge in [-0.25, -0.2) is 0 Å². The first-order chi connectivity index (χ1) is 13.4. The van der Waals surface area contributed by atoms with E-state index < -0.39 is 11.8 Å². The van der Waals surface area contributed by atoms with Crippen molar-refractivity contribution in [1.29, 1.82) is 0 Å². The first-order valence-electron chi connectivity index (χ1n) is 8.75. The molecule has 9 heteroatoms. The summed E-state index contributed by atoms with van der Waals surface area (Å²) in [6.07, 6.45) is 2.71. The van der Waals surface area contributed by atoms with Crippen molar-refractivity contribution < 1.29 is 18.8 Å². The number of amides is 3. The summed E-state index contributed by atoms with van der Waals surface area (Å²) >= 11 is 11.9. The zero-order valence-corrected chi connectivity index (χ0v) is 16.6. The van der Waals surface area contributed by atoms with Crippen LogP contribution in [0.5, 0.6) is 0 Å². The third-order valence-corrected chi connectivity index (χ3v) is 5.39. The fourth-order valence-corrected chi connectivity index (χ4v) is 3.39. The summed E-state index contributed by atoms with van der Waals surface area (Å²) in [7, 11) is 0. The Bertz CT molecular complexity index is 912. The van der Waals surface area contributed by atoms with Gasteiger partial charge in [0.05, 0.1) is 27.8 Å². The smallest absolute Gasteiger partial charge is 0.273 e. The molecule has 2 aromatic rings. The minimum Gasteiger partial charge on any atom is -0.469 e. The molecule has 3 amide bonds. The number of benzene rings is 1. The van der Waals surface area contributed by atoms with Gasteiger partial charge in [0.1, 0.15) is 5.76 Å². The van der Waals surface area contributed by atoms with Gasteiger partial charge >= 0.3 is 0 Å². The van der Waals surface area contributed by atoms with Crippen LogP contribution in [-0.4, -0.2) is 35.7 Å². The number of hydrazine groups is 1. The molecule has 1 aromatic carbocycles. The van der Waals surface area contributed by atoms with Crippen LogP contribution in [0.2, 0.25) is 10.0 Å². The number of furan rings is 1. The molecule has 0 bridgehead atoms. The molecule has 1 saturated heterocycles. The van der Waals surface area contributed by atoms with Gasteiger partial charge < -0.3 is 9.32 Å². The minimum absolute atomic E-state index is 0.214. The normalized spacial score (nSPS) is 16.5. The summed E-state index contributed by atoms with van der Waals surface area (Å²) in [5.74, 6) is -0.983. The highest BCUT2D eigenvalue weighted by Gasteiger charge is 2.29. The van der Waals surface area contributed by atoms with Crippen LogP contribution in [0.1, 0.15) is 39.3 Å². The molecule has 0 radical (unpaired) electrons. The minimum atomic E-state index is -0.459. The van der Waals surface area contributed by atoms with Crippen LogP contribution in [0.3, 0.4) is 0 Å². The Labute approximate surface area is 171 Å². The van der Waals surface area contributed by atoms with Crippen molar-refractivity contribution in [3.63, 3.8) is 0 Å². The van der Waals surface area contributed by atoms with E-state index in [4.69, 9.17) is 27.6 Å². The Morgan fingerprint density at radius 3 is 2.61 bits per heavy atom. The van der Waals surface area contributed by atoms with E-state index in [1.165, 1.54) is 18.4 Å². The van der Waals surface area contributed by atoms with Gasteiger partial charge in [0.2, 0.25) is 5.91 Å². The van der Waals surface area contributed by atoms with E-state index in [-0.39, 0.29) is 18.4 Å². The molecule has 1 aliphatic rings. The number of aryl methyl sites for hydroxylation is 1. The fraction of sp³-hybridized carbons (Fsp3) is 0.316. The number of carbonyl (C=O) groups excluding carboxylic acids is 3. The van der Waals surface area contributed by atoms with E-state index in [9.17, 15) is 14.4 Å². The van der Waals surface area contributed by atoms with Crippen LogP contribution < -0.4 is 10.9 Å². The zero-order chi connectivity index (χ0) is 20.3. The molecule has 1 atom stereocenters. The lowest BCUT2D eigenvalue weighted by atomic mass is 9.96. The summed E-state index contributed by atoms with van der Waals surface area (Å²) in [5.41, 5.74) is 5.57. The number of rotatable bonds is 3. The summed E-state index contributed by atoms with van der Waals surface area (Å²) in [6, 6.07) is 6.21. The van der Waals surface area contributed by atoms with Crippen molar-refractivity contribution in [3.8, 4) is 0 Å². The van der Waals surface area contributed by atoms with Crippen molar-refractivity contribution in [2.24, 2.45) is 5.92 Å². The van der Waals surface area contributed by atoms with Crippen LogP contribution >= 0.6 is 23.2 Å². The highest BCUT2D eigenvalue weighted by molar-refractivity contribution is 6.42. The fourth-order valence-electron chi connectivity index (χ4n) is 3.10. The van der Waals surface area contributed by atoms with Gasteiger partial charge in [0.25, 0.3) is 11.8 Å². The third kappa shape index (κ3) is 4.48. The molecule has 0 saturated carbocycles. The predicted octanol–water partition coefficient (Wildman–Crippen LogP) is 3.21. The summed E-state index contributed by atoms with van der Waals surface area (Å²) < 4.78 is 5.07. The van der Waals surface area contributed by atoms with Crippen LogP contribution in [0.15, 0.2) is 34.9 Å². The van der Waals surface area contributed by atoms with Crippen molar-refractivity contribution in [3.05, 3.63) is 57.5 Å². The van der Waals surface area contributed by atoms with Crippen LogP contribution in [-0.2, 0) is 4.79 Å². The number of halogens is 2. The molecule has 0 spiro atoms. The molecular weight excluding hydrogens is 405 g/mol. The standard InChI is InChI=1S/C19H19Cl2N3O4/c1-11-14(6-8-28-11)18(26)23-22-17(25)13-3-2-7-24(10-13)19(27)12-4-5-15(20)16(21)9-12/h4-6,8-9,13H,2-3,7,10H2,1H3,(H,22,25)(H,23,26). The van der Waals surface area contributed by atoms with Crippen molar-refractivity contribution in [2.45, 2.75) is 19.8 Å². The lowest BCUT2D eigenvalue weighted by molar-refractivity contribution is -0.127. The lowest BCUT2D eigenvalue weighted by Gasteiger charge is -2.32. The molecule has 2 heterocycles. The summed E-state index contributed by atoms with van der Waals surface area (Å²) in [4.78, 5) is 38.8. The van der Waals surface area contributed by atoms with Crippen LogP contribution in [0.4, 0.5) is 0 Å². The van der Waals surface area contributed by atoms with E-state index >= 15 is 0 Å². The second kappa shape index (κ2) is 8.67. The number of likely N-dealkylation sites (tertiary alicyclic amines) is 1. The molecule has 3 rings (SSSR count). The van der Waals surface area contributed by atoms with Gasteiger partial charge in [-0.2, -0.15) is 0 Å². The summed E-state index contributed by atoms with van der Waals surface area (Å²) in [5, 5.41) is 0.675. The molecule has 148 valence electrons. The maximum atomic E-state index is 12.7. The number of nitrogens with zero attached hydrogens (tertiary/aromatic N) is 1. The van der Waals surface area contributed by atoms with Gasteiger partial charge in [0, 0.05) is 18.7 Å². The largest absolute Gasteiger partial charge is 0.469 e. The van der Waals surface area contributed by atoms with E-state index in [0.29, 0.717) is 46.3 Å². The second-order valence-corrected chi connectivity index (χ2v) is 7.37. The molecule has 1 aliphatic heterocycles. The number of hydrogen-bond donors (Lipinski definition) is 2. The molecule has 1 aromatic heterocycles. The van der Waals surface area contributed by atoms with Gasteiger partial charge in [-0.1, -0.05) is 23.2 Å².